The van der Waals surface area contributed by atoms with E-state index >= 15 is 0 Å². The number of fused-ring (bicyclic) bond motifs is 1. The molecular formula is C14H21N3O2. The Kier molecular flexibility index (Phi) is 3.14. The van der Waals surface area contributed by atoms with Crippen molar-refractivity contribution in [1.82, 2.24) is 5.32 Å². The van der Waals surface area contributed by atoms with E-state index in [-0.39, 0.29) is 5.54 Å². The van der Waals surface area contributed by atoms with Crippen LogP contribution >= 0.6 is 0 Å². The number of piperidine rings is 1. The Labute approximate surface area is 113 Å². The van der Waals surface area contributed by atoms with E-state index in [1.54, 1.807) is 14.2 Å². The van der Waals surface area contributed by atoms with E-state index in [0.717, 1.165) is 55.3 Å². The van der Waals surface area contributed by atoms with E-state index < -0.39 is 0 Å². The number of hydrogen-bond donors (Lipinski definition) is 3. The van der Waals surface area contributed by atoms with Crippen LogP contribution in [0.15, 0.2) is 12.1 Å². The van der Waals surface area contributed by atoms with Gasteiger partial charge in [0.05, 0.1) is 31.1 Å². The molecule has 1 fully saturated rings. The van der Waals surface area contributed by atoms with E-state index in [2.05, 4.69) is 16.0 Å². The zero-order chi connectivity index (χ0) is 13.3. The standard InChI is InChI=1S/C14H21N3O2/c1-18-12-7-10-11(8-13(12)19-2)17-14(9-16-10)3-5-15-6-4-14/h7-8,15-17H,3-6,9H2,1-2H3. The van der Waals surface area contributed by atoms with Crippen molar-refractivity contribution in [3.05, 3.63) is 12.1 Å². The number of rotatable bonds is 2. The second-order valence-corrected chi connectivity index (χ2v) is 5.26. The maximum Gasteiger partial charge on any atom is 0.162 e. The maximum absolute atomic E-state index is 5.37. The number of benzene rings is 1. The van der Waals surface area contributed by atoms with Crippen molar-refractivity contribution in [1.29, 1.82) is 0 Å². The van der Waals surface area contributed by atoms with Crippen LogP contribution in [0.2, 0.25) is 0 Å². The fourth-order valence-corrected chi connectivity index (χ4v) is 2.93. The molecule has 5 nitrogen and oxygen atoms in total. The molecule has 2 heterocycles. The molecule has 0 saturated carbocycles. The third-order valence-electron chi connectivity index (χ3n) is 4.10. The Bertz CT molecular complexity index is 470. The van der Waals surface area contributed by atoms with Gasteiger partial charge in [0.15, 0.2) is 11.5 Å². The Morgan fingerprint density at radius 2 is 1.63 bits per heavy atom. The van der Waals surface area contributed by atoms with E-state index in [0.29, 0.717) is 0 Å². The molecule has 1 saturated heterocycles. The zero-order valence-electron chi connectivity index (χ0n) is 11.5. The van der Waals surface area contributed by atoms with Crippen molar-refractivity contribution >= 4 is 11.4 Å². The molecule has 2 aliphatic heterocycles. The van der Waals surface area contributed by atoms with Gasteiger partial charge < -0.3 is 25.4 Å². The largest absolute Gasteiger partial charge is 0.493 e. The topological polar surface area (TPSA) is 54.6 Å². The first-order chi connectivity index (χ1) is 9.26. The van der Waals surface area contributed by atoms with Crippen LogP contribution in [0, 0.1) is 0 Å². The number of hydrogen-bond acceptors (Lipinski definition) is 5. The summed E-state index contributed by atoms with van der Waals surface area (Å²) >= 11 is 0. The minimum Gasteiger partial charge on any atom is -0.493 e. The smallest absolute Gasteiger partial charge is 0.162 e. The van der Waals surface area contributed by atoms with E-state index in [9.17, 15) is 0 Å². The van der Waals surface area contributed by atoms with Crippen LogP contribution in [0.4, 0.5) is 11.4 Å². The first-order valence-electron chi connectivity index (χ1n) is 6.75. The molecule has 104 valence electrons. The van der Waals surface area contributed by atoms with Gasteiger partial charge in [-0.2, -0.15) is 0 Å². The summed E-state index contributed by atoms with van der Waals surface area (Å²) in [5.74, 6) is 1.53. The molecule has 0 atom stereocenters. The first kappa shape index (κ1) is 12.4. The van der Waals surface area contributed by atoms with Crippen LogP contribution < -0.4 is 25.4 Å². The number of nitrogens with one attached hydrogen (secondary N) is 3. The van der Waals surface area contributed by atoms with Crippen LogP contribution in [0.5, 0.6) is 11.5 Å². The quantitative estimate of drug-likeness (QED) is 0.757. The molecule has 5 heteroatoms. The minimum absolute atomic E-state index is 0.165. The molecular weight excluding hydrogens is 242 g/mol. The highest BCUT2D eigenvalue weighted by atomic mass is 16.5. The Morgan fingerprint density at radius 3 is 2.26 bits per heavy atom. The van der Waals surface area contributed by atoms with Gasteiger partial charge in [-0.05, 0) is 25.9 Å². The van der Waals surface area contributed by atoms with Crippen molar-refractivity contribution in [3.8, 4) is 11.5 Å². The highest BCUT2D eigenvalue weighted by Crippen LogP contribution is 2.41. The molecule has 1 aromatic carbocycles. The molecule has 0 amide bonds. The van der Waals surface area contributed by atoms with Crippen molar-refractivity contribution in [2.75, 3.05) is 44.5 Å². The average Bonchev–Trinajstić information content (AvgIpc) is 2.46. The molecule has 1 aromatic rings. The Balaban J connectivity index is 1.91. The summed E-state index contributed by atoms with van der Waals surface area (Å²) in [6.45, 7) is 3.09. The molecule has 0 radical (unpaired) electrons. The van der Waals surface area contributed by atoms with Gasteiger partial charge in [-0.1, -0.05) is 0 Å². The molecule has 0 aromatic heterocycles. The van der Waals surface area contributed by atoms with Crippen molar-refractivity contribution in [2.45, 2.75) is 18.4 Å². The highest BCUT2D eigenvalue weighted by Gasteiger charge is 2.35. The molecule has 3 N–H and O–H groups in total. The summed E-state index contributed by atoms with van der Waals surface area (Å²) < 4.78 is 10.7. The molecule has 19 heavy (non-hydrogen) atoms. The zero-order valence-corrected chi connectivity index (χ0v) is 11.5. The van der Waals surface area contributed by atoms with E-state index in [4.69, 9.17) is 9.47 Å². The third-order valence-corrected chi connectivity index (χ3v) is 4.10. The van der Waals surface area contributed by atoms with Gasteiger partial charge in [-0.25, -0.2) is 0 Å². The van der Waals surface area contributed by atoms with Gasteiger partial charge >= 0.3 is 0 Å². The lowest BCUT2D eigenvalue weighted by molar-refractivity contribution is 0.345. The van der Waals surface area contributed by atoms with Crippen molar-refractivity contribution < 1.29 is 9.47 Å². The van der Waals surface area contributed by atoms with E-state index in [1.165, 1.54) is 0 Å². The monoisotopic (exact) mass is 263 g/mol. The van der Waals surface area contributed by atoms with Crippen molar-refractivity contribution in [2.24, 2.45) is 0 Å². The van der Waals surface area contributed by atoms with Crippen LogP contribution in [0.3, 0.4) is 0 Å². The fourth-order valence-electron chi connectivity index (χ4n) is 2.93. The molecule has 3 rings (SSSR count). The van der Waals surface area contributed by atoms with Crippen LogP contribution in [0.1, 0.15) is 12.8 Å². The second kappa shape index (κ2) is 4.81. The Morgan fingerprint density at radius 1 is 1.00 bits per heavy atom. The van der Waals surface area contributed by atoms with Crippen LogP contribution in [-0.2, 0) is 0 Å². The lowest BCUT2D eigenvalue weighted by Crippen LogP contribution is -2.54. The number of anilines is 2. The number of ether oxygens (including phenoxy) is 2. The van der Waals surface area contributed by atoms with Crippen LogP contribution in [0.25, 0.3) is 0 Å². The summed E-state index contributed by atoms with van der Waals surface area (Å²) in [5, 5.41) is 10.6. The molecule has 0 aliphatic carbocycles. The lowest BCUT2D eigenvalue weighted by Gasteiger charge is -2.43. The molecule has 0 unspecified atom stereocenters. The average molecular weight is 263 g/mol. The van der Waals surface area contributed by atoms with Gasteiger partial charge in [0, 0.05) is 18.7 Å². The first-order valence-corrected chi connectivity index (χ1v) is 6.75. The van der Waals surface area contributed by atoms with Crippen LogP contribution in [-0.4, -0.2) is 39.4 Å². The summed E-state index contributed by atoms with van der Waals surface area (Å²) in [5.41, 5.74) is 2.35. The second-order valence-electron chi connectivity index (χ2n) is 5.26. The summed E-state index contributed by atoms with van der Waals surface area (Å²) in [6.07, 6.45) is 2.27. The molecule has 0 bridgehead atoms. The Hall–Kier alpha value is -1.62. The SMILES string of the molecule is COc1cc2c(cc1OC)NC1(CCNCC1)CN2. The normalized spacial score (nSPS) is 20.1. The highest BCUT2D eigenvalue weighted by molar-refractivity contribution is 5.77. The lowest BCUT2D eigenvalue weighted by atomic mass is 9.86. The van der Waals surface area contributed by atoms with Crippen molar-refractivity contribution in [3.63, 3.8) is 0 Å². The van der Waals surface area contributed by atoms with Gasteiger partial charge in [0.2, 0.25) is 0 Å². The fraction of sp³-hybridized carbons (Fsp3) is 0.571. The minimum atomic E-state index is 0.165. The molecule has 2 aliphatic rings. The van der Waals surface area contributed by atoms with Gasteiger partial charge in [-0.3, -0.25) is 0 Å². The maximum atomic E-state index is 5.37. The third kappa shape index (κ3) is 2.18. The summed E-state index contributed by atoms with van der Waals surface area (Å²) in [7, 11) is 3.33. The van der Waals surface area contributed by atoms with E-state index in [1.807, 2.05) is 12.1 Å². The summed E-state index contributed by atoms with van der Waals surface area (Å²) in [6, 6.07) is 4.01. The predicted molar refractivity (Wildman–Crippen MR) is 76.5 cm³/mol. The molecule has 1 spiro atoms. The van der Waals surface area contributed by atoms with Gasteiger partial charge in [-0.15, -0.1) is 0 Å². The van der Waals surface area contributed by atoms with Gasteiger partial charge in [0.1, 0.15) is 0 Å². The summed E-state index contributed by atoms with van der Waals surface area (Å²) in [4.78, 5) is 0. The predicted octanol–water partition coefficient (Wildman–Crippen LogP) is 1.66. The number of methoxy groups -OCH3 is 2. The van der Waals surface area contributed by atoms with Gasteiger partial charge in [0.25, 0.3) is 0 Å².